The Bertz CT molecular complexity index is 1710. The average molecular weight is 754 g/mol. The van der Waals surface area contributed by atoms with Crippen molar-refractivity contribution in [3.8, 4) is 0 Å². The number of aryl methyl sites for hydroxylation is 2. The molecule has 0 spiro atoms. The van der Waals surface area contributed by atoms with E-state index in [9.17, 15) is 0 Å². The summed E-state index contributed by atoms with van der Waals surface area (Å²) in [6, 6.07) is 41.4. The number of benzene rings is 5. The van der Waals surface area contributed by atoms with Crippen molar-refractivity contribution < 1.29 is 13.5 Å². The summed E-state index contributed by atoms with van der Waals surface area (Å²) >= 11 is -1.61. The molecule has 0 aromatic heterocycles. The molecule has 2 fully saturated rings. The first-order chi connectivity index (χ1) is 22.4. The molecule has 1 saturated heterocycles. The van der Waals surface area contributed by atoms with E-state index in [-0.39, 0.29) is 12.1 Å². The summed E-state index contributed by atoms with van der Waals surface area (Å²) in [5.41, 5.74) is 10.1. The van der Waals surface area contributed by atoms with Crippen LogP contribution in [0.2, 0.25) is 0 Å². The molecule has 6 heteroatoms. The normalized spacial score (nSPS) is 18.7. The first kappa shape index (κ1) is 33.4. The molecule has 0 N–H and O–H groups in total. The van der Waals surface area contributed by atoms with Crippen molar-refractivity contribution in [3.05, 3.63) is 150 Å². The second kappa shape index (κ2) is 15.6. The third kappa shape index (κ3) is 7.45. The summed E-state index contributed by atoms with van der Waals surface area (Å²) < 4.78 is 1.92. The second-order valence-corrected chi connectivity index (χ2v) is 19.0. The monoisotopic (exact) mass is 753 g/mol. The van der Waals surface area contributed by atoms with Gasteiger partial charge in [-0.3, -0.25) is 0 Å². The first-order valence-corrected chi connectivity index (χ1v) is 22.3. The Kier molecular flexibility index (Phi) is 11.3. The van der Waals surface area contributed by atoms with Crippen molar-refractivity contribution in [1.82, 2.24) is 0 Å². The zero-order valence-corrected chi connectivity index (χ0v) is 30.9. The molecule has 5 aromatic rings. The van der Waals surface area contributed by atoms with Gasteiger partial charge in [-0.1, -0.05) is 92.1 Å². The molecule has 0 bridgehead atoms. The Hall–Kier alpha value is -2.54. The van der Waals surface area contributed by atoms with Crippen molar-refractivity contribution in [2.45, 2.75) is 63.7 Å². The van der Waals surface area contributed by atoms with Crippen LogP contribution in [0.3, 0.4) is 0 Å². The van der Waals surface area contributed by atoms with Crippen LogP contribution in [0.4, 0.5) is 11.4 Å². The molecule has 5 aromatic carbocycles. The molecule has 3 aliphatic rings. The van der Waals surface area contributed by atoms with E-state index in [1.54, 1.807) is 0 Å². The summed E-state index contributed by atoms with van der Waals surface area (Å²) in [5, 5.41) is 2.76. The Morgan fingerprint density at radius 2 is 1.15 bits per heavy atom. The second-order valence-electron chi connectivity index (χ2n) is 12.3. The zero-order chi connectivity index (χ0) is 32.0. The number of halogens is 2. The van der Waals surface area contributed by atoms with E-state index in [2.05, 4.69) is 124 Å². The summed E-state index contributed by atoms with van der Waals surface area (Å²) in [7, 11) is 14.2. The number of nitrogens with zero attached hydrogens (tertiary/aromatic N) is 2. The summed E-state index contributed by atoms with van der Waals surface area (Å²) in [5.74, 6) is 0. The zero-order valence-electron chi connectivity index (χ0n) is 26.5. The van der Waals surface area contributed by atoms with Gasteiger partial charge in [0.05, 0.1) is 12.1 Å². The quantitative estimate of drug-likeness (QED) is 0.103. The molecule has 1 aliphatic heterocycles. The third-order valence-electron chi connectivity index (χ3n) is 9.19. The van der Waals surface area contributed by atoms with Crippen LogP contribution < -0.4 is 9.80 Å². The van der Waals surface area contributed by atoms with E-state index in [1.807, 2.05) is 34.9 Å². The van der Waals surface area contributed by atoms with Gasteiger partial charge in [0, 0.05) is 11.4 Å². The molecular weight excluding hydrogens is 711 g/mol. The van der Waals surface area contributed by atoms with Gasteiger partial charge in [0.2, 0.25) is 0 Å². The maximum atomic E-state index is 5.67. The Morgan fingerprint density at radius 3 is 1.61 bits per heavy atom. The Balaban J connectivity index is 0.000000179. The summed E-state index contributed by atoms with van der Waals surface area (Å²) in [4.78, 5) is 4.97. The molecule has 1 heterocycles. The minimum atomic E-state index is -1.61. The van der Waals surface area contributed by atoms with Crippen LogP contribution in [0, 0.1) is 20.5 Å². The van der Waals surface area contributed by atoms with Crippen molar-refractivity contribution in [2.75, 3.05) is 9.80 Å². The number of rotatable bonds is 3. The topological polar surface area (TPSA) is 6.48 Å². The number of anilines is 2. The van der Waals surface area contributed by atoms with Gasteiger partial charge in [0.25, 0.3) is 0 Å². The molecule has 0 radical (unpaired) electrons. The summed E-state index contributed by atoms with van der Waals surface area (Å²) in [6.45, 7) is 6.74. The molecular formula is C40H42Cl2N2PRu-. The van der Waals surface area contributed by atoms with E-state index >= 15 is 0 Å². The molecule has 240 valence electrons. The van der Waals surface area contributed by atoms with Crippen LogP contribution in [0.15, 0.2) is 115 Å². The van der Waals surface area contributed by atoms with Gasteiger partial charge in [-0.15, -0.1) is 9.24 Å². The van der Waals surface area contributed by atoms with Crippen molar-refractivity contribution in [3.63, 3.8) is 0 Å². The van der Waals surface area contributed by atoms with Gasteiger partial charge < -0.3 is 9.80 Å². The van der Waals surface area contributed by atoms with Crippen molar-refractivity contribution in [1.29, 1.82) is 0 Å². The van der Waals surface area contributed by atoms with Gasteiger partial charge >= 0.3 is 73.4 Å². The van der Waals surface area contributed by atoms with Gasteiger partial charge in [-0.2, -0.15) is 6.67 Å². The molecule has 2 aliphatic carbocycles. The summed E-state index contributed by atoms with van der Waals surface area (Å²) in [6.07, 6.45) is 7.31. The van der Waals surface area contributed by atoms with Crippen LogP contribution >= 0.6 is 28.6 Å². The standard InChI is InChI=1S/C27H23N2.C7H6.C6H13P.2ClH.Ru/c1-18-9-3-5-15-23(18)28-17-29(24-16-6-4-10-19(24)2)27-22-14-8-12-20-11-7-13-21(25(20)22)26(27)28;1-7-5-3-2-4-6-7;7-6-4-2-1-3-5-6;;;/h3-17,26-27H,1-2H3;1-6H;6H,1-5,7H2;2*1H;/q-1;;;;;+2/p-2/t26-,27-;;;;;/m1...../s1. The van der Waals surface area contributed by atoms with Crippen LogP contribution in [0.25, 0.3) is 10.8 Å². The average Bonchev–Trinajstić information content (AvgIpc) is 3.61. The molecule has 1 unspecified atom stereocenters. The van der Waals surface area contributed by atoms with Crippen LogP contribution in [0.1, 0.15) is 72.0 Å². The predicted molar refractivity (Wildman–Crippen MR) is 201 cm³/mol. The molecule has 46 heavy (non-hydrogen) atoms. The van der Waals surface area contributed by atoms with E-state index in [4.69, 9.17) is 19.4 Å². The van der Waals surface area contributed by atoms with Gasteiger partial charge in [0.15, 0.2) is 0 Å². The fourth-order valence-corrected chi connectivity index (χ4v) is 9.29. The van der Waals surface area contributed by atoms with E-state index in [0.717, 1.165) is 11.2 Å². The molecule has 1 saturated carbocycles. The molecule has 0 amide bonds. The van der Waals surface area contributed by atoms with Gasteiger partial charge in [0.1, 0.15) is 0 Å². The van der Waals surface area contributed by atoms with Crippen LogP contribution in [-0.2, 0) is 13.5 Å². The van der Waals surface area contributed by atoms with Crippen LogP contribution in [-0.4, -0.2) is 10.3 Å². The predicted octanol–water partition coefficient (Wildman–Crippen LogP) is 11.7. The van der Waals surface area contributed by atoms with E-state index < -0.39 is 13.5 Å². The van der Waals surface area contributed by atoms with Crippen molar-refractivity contribution >= 4 is 55.4 Å². The first-order valence-electron chi connectivity index (χ1n) is 16.1. The minimum absolute atomic E-state index is 0.275. The van der Waals surface area contributed by atoms with E-state index in [1.165, 1.54) is 76.5 Å². The molecule has 3 atom stereocenters. The number of hydrogen-bond donors (Lipinski definition) is 0. The fraction of sp³-hybridized carbons (Fsp3) is 0.250. The SMILES string of the molecule is Cc1ccccc1N1[CH-]N(c2ccccc2C)[C@@H]2c3cccc4cccc(c34)[C@H]21.PC1CCCCC1.[Cl][Ru]([Cl])=[CH]c1ccccc1. The van der Waals surface area contributed by atoms with Crippen molar-refractivity contribution in [2.24, 2.45) is 0 Å². The van der Waals surface area contributed by atoms with Crippen LogP contribution in [0.5, 0.6) is 0 Å². The number of para-hydroxylation sites is 2. The molecule has 2 nitrogen and oxygen atoms in total. The van der Waals surface area contributed by atoms with Gasteiger partial charge in [-0.05, 0) is 77.5 Å². The van der Waals surface area contributed by atoms with Gasteiger partial charge in [-0.25, -0.2) is 0 Å². The Morgan fingerprint density at radius 1 is 0.652 bits per heavy atom. The number of hydrogen-bond acceptors (Lipinski definition) is 2. The third-order valence-corrected chi connectivity index (χ3v) is 11.7. The number of fused-ring (bicyclic) bond motifs is 3. The Labute approximate surface area is 290 Å². The fourth-order valence-electron chi connectivity index (χ4n) is 6.99. The van der Waals surface area contributed by atoms with E-state index in [0.29, 0.717) is 0 Å². The molecule has 8 rings (SSSR count). The maximum absolute atomic E-state index is 5.67.